The van der Waals surface area contributed by atoms with E-state index in [9.17, 15) is 5.41 Å². The van der Waals surface area contributed by atoms with E-state index in [4.69, 9.17) is 0 Å². The maximum atomic E-state index is 9.93. The van der Waals surface area contributed by atoms with Crippen LogP contribution in [-0.2, 0) is 10.8 Å². The third kappa shape index (κ3) is 5.69. The van der Waals surface area contributed by atoms with Crippen LogP contribution in [0.1, 0.15) is 77.8 Å². The van der Waals surface area contributed by atoms with Crippen LogP contribution in [-0.4, -0.2) is 5.71 Å². The molecule has 1 aliphatic heterocycles. The maximum absolute atomic E-state index is 9.93. The molecule has 1 heterocycles. The molecule has 0 aromatic heterocycles. The Labute approximate surface area is 364 Å². The second kappa shape index (κ2) is 14.3. The first kappa shape index (κ1) is 37.5. The fourth-order valence-electron chi connectivity index (χ4n) is 10.5. The number of rotatable bonds is 7. The summed E-state index contributed by atoms with van der Waals surface area (Å²) in [7, 11) is 0. The van der Waals surface area contributed by atoms with Crippen LogP contribution in [0.4, 0.5) is 17.1 Å². The Kier molecular flexibility index (Phi) is 8.66. The molecule has 0 bridgehead atoms. The highest BCUT2D eigenvalue weighted by Gasteiger charge is 2.41. The van der Waals surface area contributed by atoms with Gasteiger partial charge in [-0.15, -0.1) is 0 Å². The van der Waals surface area contributed by atoms with Gasteiger partial charge >= 0.3 is 0 Å². The molecule has 0 saturated heterocycles. The average Bonchev–Trinajstić information content (AvgIpc) is 3.70. The Bertz CT molecular complexity index is 3040. The zero-order chi connectivity index (χ0) is 42.2. The third-order valence-corrected chi connectivity index (χ3v) is 13.5. The first-order valence-electron chi connectivity index (χ1n) is 21.6. The summed E-state index contributed by atoms with van der Waals surface area (Å²) in [5, 5.41) is 13.9. The fraction of sp³-hybridized carbons (Fsp3) is 0.102. The second-order valence-corrected chi connectivity index (χ2v) is 17.7. The molecule has 2 aliphatic carbocycles. The predicted molar refractivity (Wildman–Crippen MR) is 260 cm³/mol. The van der Waals surface area contributed by atoms with Crippen molar-refractivity contribution in [2.45, 2.75) is 38.5 Å². The van der Waals surface area contributed by atoms with Gasteiger partial charge in [-0.25, -0.2) is 0 Å². The molecule has 2 N–H and O–H groups in total. The molecule has 0 radical (unpaired) electrons. The van der Waals surface area contributed by atoms with Gasteiger partial charge in [0.2, 0.25) is 0 Å². The molecule has 0 spiro atoms. The van der Waals surface area contributed by atoms with Crippen molar-refractivity contribution in [1.82, 2.24) is 5.32 Å². The van der Waals surface area contributed by atoms with Gasteiger partial charge in [-0.1, -0.05) is 204 Å². The van der Waals surface area contributed by atoms with E-state index in [0.29, 0.717) is 5.71 Å². The van der Waals surface area contributed by atoms with E-state index in [1.165, 1.54) is 44.5 Å². The van der Waals surface area contributed by atoms with Crippen molar-refractivity contribution in [1.29, 1.82) is 5.41 Å². The number of benzene rings is 8. The number of fused-ring (bicyclic) bond motifs is 7. The van der Waals surface area contributed by atoms with Gasteiger partial charge in [0, 0.05) is 49.9 Å². The molecular formula is C59H47N3. The number of nitrogens with zero attached hydrogens (tertiary/aromatic N) is 1. The monoisotopic (exact) mass is 797 g/mol. The second-order valence-electron chi connectivity index (χ2n) is 17.7. The zero-order valence-corrected chi connectivity index (χ0v) is 35.5. The van der Waals surface area contributed by atoms with Gasteiger partial charge in [0.05, 0.1) is 28.5 Å². The van der Waals surface area contributed by atoms with E-state index in [1.807, 2.05) is 36.4 Å². The standard InChI is InChI=1S/C59H47N3/c1-58(2)45-30-16-14-27-42(45)54-47(58)32-19-35-51(54)62(52-36-20-33-48-55(52)43-28-15-17-31-46(43)59(48,3)4)50-34-18-29-41-44(50)37-49(38-21-8-5-9-22-38)61-57(41)53(39-23-10-6-11-24-39)56(60)40-25-12-7-13-26-40/h5-37,60-61H,1-4H3/b57-53-,60-56?. The summed E-state index contributed by atoms with van der Waals surface area (Å²) in [5.74, 6) is 0. The lowest BCUT2D eigenvalue weighted by atomic mass is 9.82. The molecule has 11 rings (SSSR count). The van der Waals surface area contributed by atoms with E-state index < -0.39 is 0 Å². The molecule has 8 aromatic rings. The third-order valence-electron chi connectivity index (χ3n) is 13.5. The van der Waals surface area contributed by atoms with Crippen LogP contribution in [0.5, 0.6) is 0 Å². The van der Waals surface area contributed by atoms with Crippen molar-refractivity contribution in [2.24, 2.45) is 0 Å². The molecule has 0 atom stereocenters. The van der Waals surface area contributed by atoms with E-state index in [0.717, 1.165) is 61.8 Å². The van der Waals surface area contributed by atoms with Crippen molar-refractivity contribution in [3.63, 3.8) is 0 Å². The van der Waals surface area contributed by atoms with E-state index >= 15 is 0 Å². The minimum absolute atomic E-state index is 0.181. The largest absolute Gasteiger partial charge is 0.354 e. The highest BCUT2D eigenvalue weighted by atomic mass is 15.2. The molecule has 3 heteroatoms. The lowest BCUT2D eigenvalue weighted by Gasteiger charge is -2.34. The van der Waals surface area contributed by atoms with Gasteiger partial charge in [0.1, 0.15) is 0 Å². The van der Waals surface area contributed by atoms with Crippen LogP contribution in [0, 0.1) is 5.41 Å². The lowest BCUT2D eigenvalue weighted by Crippen LogP contribution is -2.22. The topological polar surface area (TPSA) is 39.1 Å². The Morgan fingerprint density at radius 2 is 0.871 bits per heavy atom. The molecular weight excluding hydrogens is 751 g/mol. The first-order valence-corrected chi connectivity index (χ1v) is 21.6. The summed E-state index contributed by atoms with van der Waals surface area (Å²) in [4.78, 5) is 2.56. The average molecular weight is 798 g/mol. The first-order chi connectivity index (χ1) is 30.2. The molecule has 3 aliphatic rings. The molecule has 0 fully saturated rings. The van der Waals surface area contributed by atoms with Gasteiger partial charge in [-0.2, -0.15) is 0 Å². The summed E-state index contributed by atoms with van der Waals surface area (Å²) in [6.07, 6.45) is 2.33. The van der Waals surface area contributed by atoms with Crippen LogP contribution in [0.25, 0.3) is 45.3 Å². The minimum Gasteiger partial charge on any atom is -0.354 e. The Balaban J connectivity index is 1.26. The number of nitrogens with one attached hydrogen (secondary N) is 2. The maximum Gasteiger partial charge on any atom is 0.0711 e. The van der Waals surface area contributed by atoms with E-state index in [2.05, 4.69) is 202 Å². The Hall–Kier alpha value is -7.49. The van der Waals surface area contributed by atoms with Crippen LogP contribution in [0.3, 0.4) is 0 Å². The number of allylic oxidation sites excluding steroid dienone is 1. The molecule has 8 aromatic carbocycles. The summed E-state index contributed by atoms with van der Waals surface area (Å²) in [5.41, 5.74) is 21.6. The normalized spacial score (nSPS) is 15.5. The van der Waals surface area contributed by atoms with E-state index in [-0.39, 0.29) is 10.8 Å². The Morgan fingerprint density at radius 3 is 1.44 bits per heavy atom. The SMILES string of the molecule is CC1(C)c2ccccc2-c2c(N(c3cccc4c3C=C(c3ccccc3)N/C4=C(\C(=N)c3ccccc3)c3ccccc3)c3cccc4c3-c3ccccc3C4(C)C)cccc21. The number of anilines is 3. The quantitative estimate of drug-likeness (QED) is 0.158. The van der Waals surface area contributed by atoms with Crippen molar-refractivity contribution >= 4 is 45.8 Å². The molecule has 3 nitrogen and oxygen atoms in total. The smallest absolute Gasteiger partial charge is 0.0711 e. The number of hydrogen-bond donors (Lipinski definition) is 2. The molecule has 0 unspecified atom stereocenters. The molecule has 298 valence electrons. The molecule has 62 heavy (non-hydrogen) atoms. The van der Waals surface area contributed by atoms with E-state index in [1.54, 1.807) is 0 Å². The van der Waals surface area contributed by atoms with Gasteiger partial charge in [0.25, 0.3) is 0 Å². The Morgan fingerprint density at radius 1 is 0.435 bits per heavy atom. The molecule has 0 saturated carbocycles. The fourth-order valence-corrected chi connectivity index (χ4v) is 10.5. The van der Waals surface area contributed by atoms with Crippen molar-refractivity contribution in [3.8, 4) is 22.3 Å². The minimum atomic E-state index is -0.181. The van der Waals surface area contributed by atoms with Gasteiger partial charge in [0.15, 0.2) is 0 Å². The van der Waals surface area contributed by atoms with Gasteiger partial charge < -0.3 is 10.2 Å². The van der Waals surface area contributed by atoms with Crippen LogP contribution in [0.15, 0.2) is 194 Å². The van der Waals surface area contributed by atoms with Gasteiger partial charge in [-0.3, -0.25) is 5.41 Å². The summed E-state index contributed by atoms with van der Waals surface area (Å²) >= 11 is 0. The summed E-state index contributed by atoms with van der Waals surface area (Å²) in [6.45, 7) is 9.44. The highest BCUT2D eigenvalue weighted by molar-refractivity contribution is 6.36. The van der Waals surface area contributed by atoms with Gasteiger partial charge in [-0.05, 0) is 68.8 Å². The highest BCUT2D eigenvalue weighted by Crippen LogP contribution is 2.59. The summed E-state index contributed by atoms with van der Waals surface area (Å²) in [6, 6.07) is 69.5. The lowest BCUT2D eigenvalue weighted by molar-refractivity contribution is 0.660. The van der Waals surface area contributed by atoms with Crippen LogP contribution in [0.2, 0.25) is 0 Å². The zero-order valence-electron chi connectivity index (χ0n) is 35.5. The van der Waals surface area contributed by atoms with Crippen molar-refractivity contribution in [2.75, 3.05) is 4.90 Å². The van der Waals surface area contributed by atoms with Crippen LogP contribution >= 0.6 is 0 Å². The van der Waals surface area contributed by atoms with Crippen molar-refractivity contribution in [3.05, 3.63) is 244 Å². The number of hydrogen-bond acceptors (Lipinski definition) is 3. The molecule has 0 amide bonds. The van der Waals surface area contributed by atoms with Crippen LogP contribution < -0.4 is 10.2 Å². The summed E-state index contributed by atoms with van der Waals surface area (Å²) < 4.78 is 0. The van der Waals surface area contributed by atoms with Crippen molar-refractivity contribution < 1.29 is 0 Å². The predicted octanol–water partition coefficient (Wildman–Crippen LogP) is 14.8.